The molecule has 0 radical (unpaired) electrons. The highest BCUT2D eigenvalue weighted by molar-refractivity contribution is 5.95. The van der Waals surface area contributed by atoms with Gasteiger partial charge in [-0.25, -0.2) is 0 Å². The van der Waals surface area contributed by atoms with Crippen LogP contribution in [0.15, 0.2) is 24.3 Å². The van der Waals surface area contributed by atoms with E-state index in [1.54, 1.807) is 0 Å². The molecule has 1 heterocycles. The second kappa shape index (κ2) is 6.89. The summed E-state index contributed by atoms with van der Waals surface area (Å²) < 4.78 is 0. The van der Waals surface area contributed by atoms with Crippen molar-refractivity contribution in [2.75, 3.05) is 25.0 Å². The summed E-state index contributed by atoms with van der Waals surface area (Å²) in [6.45, 7) is 3.78. The molecule has 5 heteroatoms. The highest BCUT2D eigenvalue weighted by atomic mass is 35.5. The van der Waals surface area contributed by atoms with Crippen LogP contribution in [0.5, 0.6) is 0 Å². The van der Waals surface area contributed by atoms with Crippen molar-refractivity contribution in [2.45, 2.75) is 19.8 Å². The van der Waals surface area contributed by atoms with Crippen molar-refractivity contribution in [3.05, 3.63) is 29.8 Å². The lowest BCUT2D eigenvalue weighted by Gasteiger charge is -2.21. The lowest BCUT2D eigenvalue weighted by molar-refractivity contribution is -0.123. The first-order valence-electron chi connectivity index (χ1n) is 6.36. The van der Waals surface area contributed by atoms with Crippen molar-refractivity contribution in [2.24, 2.45) is 5.41 Å². The summed E-state index contributed by atoms with van der Waals surface area (Å²) in [7, 11) is 0. The Hall–Kier alpha value is -1.10. The smallest absolute Gasteiger partial charge is 0.231 e. The molecular formula is C14H21ClN2O2. The second-order valence-electron chi connectivity index (χ2n) is 5.11. The number of rotatable bonds is 4. The summed E-state index contributed by atoms with van der Waals surface area (Å²) in [5.74, 6) is 0.0717. The first kappa shape index (κ1) is 16.0. The van der Waals surface area contributed by atoms with E-state index in [9.17, 15) is 4.79 Å². The number of hydrogen-bond acceptors (Lipinski definition) is 3. The lowest BCUT2D eigenvalue weighted by atomic mass is 9.88. The van der Waals surface area contributed by atoms with E-state index >= 15 is 0 Å². The van der Waals surface area contributed by atoms with Crippen molar-refractivity contribution in [1.29, 1.82) is 0 Å². The SMILES string of the molecule is CC1(C(=O)Nc2ccc(CCO)cc2)CCNC1.Cl. The van der Waals surface area contributed by atoms with E-state index in [1.807, 2.05) is 31.2 Å². The zero-order valence-electron chi connectivity index (χ0n) is 11.1. The van der Waals surface area contributed by atoms with E-state index in [0.29, 0.717) is 6.42 Å². The van der Waals surface area contributed by atoms with E-state index in [2.05, 4.69) is 10.6 Å². The average Bonchev–Trinajstić information content (AvgIpc) is 2.80. The lowest BCUT2D eigenvalue weighted by Crippen LogP contribution is -2.35. The molecule has 3 N–H and O–H groups in total. The van der Waals surface area contributed by atoms with E-state index in [-0.39, 0.29) is 30.3 Å². The van der Waals surface area contributed by atoms with Crippen molar-refractivity contribution in [3.63, 3.8) is 0 Å². The van der Waals surface area contributed by atoms with Crippen LogP contribution >= 0.6 is 12.4 Å². The zero-order chi connectivity index (χ0) is 13.0. The molecule has 1 unspecified atom stereocenters. The van der Waals surface area contributed by atoms with Gasteiger partial charge in [0.25, 0.3) is 0 Å². The van der Waals surface area contributed by atoms with Crippen molar-refractivity contribution >= 4 is 24.0 Å². The normalized spacial score (nSPS) is 21.8. The van der Waals surface area contributed by atoms with Gasteiger partial charge in [0.1, 0.15) is 0 Å². The van der Waals surface area contributed by atoms with Gasteiger partial charge >= 0.3 is 0 Å². The Morgan fingerprint density at radius 2 is 2.11 bits per heavy atom. The fraction of sp³-hybridized carbons (Fsp3) is 0.500. The molecule has 0 saturated carbocycles. The number of nitrogens with one attached hydrogen (secondary N) is 2. The van der Waals surface area contributed by atoms with Crippen molar-refractivity contribution in [3.8, 4) is 0 Å². The van der Waals surface area contributed by atoms with Crippen LogP contribution in [0.4, 0.5) is 5.69 Å². The van der Waals surface area contributed by atoms with Crippen molar-refractivity contribution < 1.29 is 9.90 Å². The third-order valence-corrected chi connectivity index (χ3v) is 3.53. The third-order valence-electron chi connectivity index (χ3n) is 3.53. The van der Waals surface area contributed by atoms with Crippen LogP contribution in [0.2, 0.25) is 0 Å². The Morgan fingerprint density at radius 1 is 1.42 bits per heavy atom. The number of aliphatic hydroxyl groups is 1. The summed E-state index contributed by atoms with van der Waals surface area (Å²) in [6.07, 6.45) is 1.53. The highest BCUT2D eigenvalue weighted by Gasteiger charge is 2.36. The summed E-state index contributed by atoms with van der Waals surface area (Å²) in [5.41, 5.74) is 1.59. The van der Waals surface area contributed by atoms with E-state index in [0.717, 1.165) is 30.8 Å². The summed E-state index contributed by atoms with van der Waals surface area (Å²) in [6, 6.07) is 7.63. The van der Waals surface area contributed by atoms with Crippen LogP contribution in [-0.2, 0) is 11.2 Å². The largest absolute Gasteiger partial charge is 0.396 e. The van der Waals surface area contributed by atoms with Gasteiger partial charge in [-0.05, 0) is 44.0 Å². The molecule has 106 valence electrons. The Labute approximate surface area is 120 Å². The van der Waals surface area contributed by atoms with Gasteiger partial charge in [-0.2, -0.15) is 0 Å². The summed E-state index contributed by atoms with van der Waals surface area (Å²) in [5, 5.41) is 15.0. The fourth-order valence-corrected chi connectivity index (χ4v) is 2.18. The molecule has 0 aromatic heterocycles. The minimum atomic E-state index is -0.302. The number of hydrogen-bond donors (Lipinski definition) is 3. The predicted molar refractivity (Wildman–Crippen MR) is 78.7 cm³/mol. The Morgan fingerprint density at radius 3 is 2.63 bits per heavy atom. The Kier molecular flexibility index (Phi) is 5.79. The summed E-state index contributed by atoms with van der Waals surface area (Å²) in [4.78, 5) is 12.2. The van der Waals surface area contributed by atoms with E-state index in [4.69, 9.17) is 5.11 Å². The number of halogens is 1. The van der Waals surface area contributed by atoms with Gasteiger partial charge in [0.2, 0.25) is 5.91 Å². The zero-order valence-corrected chi connectivity index (χ0v) is 11.9. The minimum absolute atomic E-state index is 0. The maximum absolute atomic E-state index is 12.2. The molecule has 0 bridgehead atoms. The average molecular weight is 285 g/mol. The second-order valence-corrected chi connectivity index (χ2v) is 5.11. The van der Waals surface area contributed by atoms with E-state index in [1.165, 1.54) is 0 Å². The standard InChI is InChI=1S/C14H20N2O2.ClH/c1-14(7-8-15-10-14)13(18)16-12-4-2-11(3-5-12)6-9-17;/h2-5,15,17H,6-10H2,1H3,(H,16,18);1H. The Balaban J connectivity index is 0.00000180. The molecular weight excluding hydrogens is 264 g/mol. The number of aliphatic hydroxyl groups excluding tert-OH is 1. The molecule has 0 spiro atoms. The highest BCUT2D eigenvalue weighted by Crippen LogP contribution is 2.26. The Bertz CT molecular complexity index is 414. The number of anilines is 1. The van der Waals surface area contributed by atoms with E-state index < -0.39 is 0 Å². The van der Waals surface area contributed by atoms with Gasteiger partial charge in [-0.1, -0.05) is 12.1 Å². The van der Waals surface area contributed by atoms with Gasteiger partial charge in [0.15, 0.2) is 0 Å². The number of carbonyl (C=O) groups is 1. The minimum Gasteiger partial charge on any atom is -0.396 e. The van der Waals surface area contributed by atoms with Crippen LogP contribution in [0.1, 0.15) is 18.9 Å². The first-order chi connectivity index (χ1) is 8.64. The van der Waals surface area contributed by atoms with Crippen LogP contribution < -0.4 is 10.6 Å². The summed E-state index contributed by atoms with van der Waals surface area (Å²) >= 11 is 0. The monoisotopic (exact) mass is 284 g/mol. The molecule has 1 aliphatic rings. The maximum atomic E-state index is 12.2. The van der Waals surface area contributed by atoms with Crippen LogP contribution in [-0.4, -0.2) is 30.7 Å². The number of amides is 1. The first-order valence-corrected chi connectivity index (χ1v) is 6.36. The van der Waals surface area contributed by atoms with Crippen LogP contribution in [0.3, 0.4) is 0 Å². The van der Waals surface area contributed by atoms with Crippen LogP contribution in [0, 0.1) is 5.41 Å². The van der Waals surface area contributed by atoms with Gasteiger partial charge in [-0.3, -0.25) is 4.79 Å². The number of benzene rings is 1. The third kappa shape index (κ3) is 3.93. The molecule has 2 rings (SSSR count). The topological polar surface area (TPSA) is 61.4 Å². The molecule has 1 aliphatic heterocycles. The molecule has 1 aromatic carbocycles. The molecule has 0 aliphatic carbocycles. The fourth-order valence-electron chi connectivity index (χ4n) is 2.18. The van der Waals surface area contributed by atoms with Crippen molar-refractivity contribution in [1.82, 2.24) is 5.32 Å². The van der Waals surface area contributed by atoms with Gasteiger partial charge in [-0.15, -0.1) is 12.4 Å². The van der Waals surface area contributed by atoms with Gasteiger partial charge in [0.05, 0.1) is 5.41 Å². The van der Waals surface area contributed by atoms with Gasteiger partial charge < -0.3 is 15.7 Å². The van der Waals surface area contributed by atoms with Gasteiger partial charge in [0, 0.05) is 18.8 Å². The number of carbonyl (C=O) groups excluding carboxylic acids is 1. The molecule has 1 aromatic rings. The molecule has 19 heavy (non-hydrogen) atoms. The molecule has 4 nitrogen and oxygen atoms in total. The van der Waals surface area contributed by atoms with Crippen LogP contribution in [0.25, 0.3) is 0 Å². The quantitative estimate of drug-likeness (QED) is 0.787. The molecule has 1 fully saturated rings. The predicted octanol–water partition coefficient (Wildman–Crippen LogP) is 1.58. The maximum Gasteiger partial charge on any atom is 0.231 e. The molecule has 1 amide bonds. The molecule has 1 atom stereocenters. The molecule has 1 saturated heterocycles.